The lowest BCUT2D eigenvalue weighted by atomic mass is 9.74. The maximum Gasteiger partial charge on any atom is 0.0632 e. The second-order valence-electron chi connectivity index (χ2n) is 9.48. The molecule has 0 saturated carbocycles. The Morgan fingerprint density at radius 3 is 2.04 bits per heavy atom. The zero-order valence-electron chi connectivity index (χ0n) is 17.5. The van der Waals surface area contributed by atoms with Crippen LogP contribution in [-0.4, -0.2) is 76.0 Å². The van der Waals surface area contributed by atoms with Crippen LogP contribution in [0.1, 0.15) is 47.5 Å². The Balaban J connectivity index is 2.74. The van der Waals surface area contributed by atoms with Crippen LogP contribution in [0.3, 0.4) is 0 Å². The van der Waals surface area contributed by atoms with Crippen LogP contribution >= 0.6 is 0 Å². The largest absolute Gasteiger partial charge is 0.384 e. The van der Waals surface area contributed by atoms with Crippen LogP contribution in [0.5, 0.6) is 0 Å². The summed E-state index contributed by atoms with van der Waals surface area (Å²) in [4.78, 5) is 4.95. The normalized spacial score (nSPS) is 21.9. The van der Waals surface area contributed by atoms with E-state index in [0.29, 0.717) is 11.8 Å². The van der Waals surface area contributed by atoms with Crippen LogP contribution in [-0.2, 0) is 9.47 Å². The Morgan fingerprint density at radius 1 is 1.04 bits per heavy atom. The Kier molecular flexibility index (Phi) is 8.67. The fourth-order valence-corrected chi connectivity index (χ4v) is 4.29. The van der Waals surface area contributed by atoms with Gasteiger partial charge < -0.3 is 19.3 Å². The summed E-state index contributed by atoms with van der Waals surface area (Å²) in [6.07, 6.45) is 2.22. The van der Waals surface area contributed by atoms with E-state index >= 15 is 0 Å². The Hall–Kier alpha value is -0.160. The van der Waals surface area contributed by atoms with Gasteiger partial charge in [0.25, 0.3) is 0 Å². The molecule has 1 fully saturated rings. The molecule has 1 rings (SSSR count). The van der Waals surface area contributed by atoms with E-state index in [1.165, 1.54) is 19.5 Å². The van der Waals surface area contributed by atoms with Crippen LogP contribution in [0.2, 0.25) is 0 Å². The van der Waals surface area contributed by atoms with Crippen LogP contribution in [0.25, 0.3) is 0 Å². The lowest BCUT2D eigenvalue weighted by Gasteiger charge is -2.40. The third kappa shape index (κ3) is 8.28. The predicted octanol–water partition coefficient (Wildman–Crippen LogP) is 3.36. The predicted molar refractivity (Wildman–Crippen MR) is 103 cm³/mol. The summed E-state index contributed by atoms with van der Waals surface area (Å²) in [7, 11) is 6.32. The van der Waals surface area contributed by atoms with E-state index in [-0.39, 0.29) is 11.0 Å². The van der Waals surface area contributed by atoms with Crippen LogP contribution < -0.4 is 0 Å². The fourth-order valence-electron chi connectivity index (χ4n) is 4.29. The molecule has 0 radical (unpaired) electrons. The van der Waals surface area contributed by atoms with Gasteiger partial charge in [0.2, 0.25) is 0 Å². The standard InChI is InChI=1S/C20H42N2O2/c1-17(2)14-24-19(3,4)15-20(5,16-23-8)11-18-12-21(6)9-10-22(7)13-18/h17-18H,9-16H2,1-8H3. The van der Waals surface area contributed by atoms with Crippen molar-refractivity contribution in [2.75, 3.05) is 60.6 Å². The summed E-state index contributed by atoms with van der Waals surface area (Å²) in [5.41, 5.74) is 0.0337. The number of hydrogen-bond acceptors (Lipinski definition) is 4. The van der Waals surface area contributed by atoms with Crippen LogP contribution in [0.15, 0.2) is 0 Å². The van der Waals surface area contributed by atoms with Gasteiger partial charge in [-0.15, -0.1) is 0 Å². The van der Waals surface area contributed by atoms with Crippen molar-refractivity contribution in [2.45, 2.75) is 53.1 Å². The van der Waals surface area contributed by atoms with E-state index in [1.807, 2.05) is 7.11 Å². The molecule has 1 saturated heterocycles. The van der Waals surface area contributed by atoms with Gasteiger partial charge in [-0.25, -0.2) is 0 Å². The number of methoxy groups -OCH3 is 1. The first-order chi connectivity index (χ1) is 11.1. The molecule has 0 aromatic rings. The molecule has 0 spiro atoms. The highest BCUT2D eigenvalue weighted by atomic mass is 16.5. The second-order valence-corrected chi connectivity index (χ2v) is 9.48. The molecule has 0 aromatic heterocycles. The summed E-state index contributed by atoms with van der Waals surface area (Å²) < 4.78 is 11.8. The molecule has 1 unspecified atom stereocenters. The first-order valence-electron chi connectivity index (χ1n) is 9.55. The zero-order valence-corrected chi connectivity index (χ0v) is 17.5. The molecule has 1 aliphatic rings. The average molecular weight is 343 g/mol. The van der Waals surface area contributed by atoms with E-state index in [4.69, 9.17) is 9.47 Å². The van der Waals surface area contributed by atoms with E-state index in [1.54, 1.807) is 0 Å². The van der Waals surface area contributed by atoms with Gasteiger partial charge in [-0.05, 0) is 58.0 Å². The molecular formula is C20H42N2O2. The molecule has 1 atom stereocenters. The van der Waals surface area contributed by atoms with E-state index in [9.17, 15) is 0 Å². The molecule has 0 N–H and O–H groups in total. The van der Waals surface area contributed by atoms with Crippen molar-refractivity contribution >= 4 is 0 Å². The van der Waals surface area contributed by atoms with Crippen molar-refractivity contribution in [1.82, 2.24) is 9.80 Å². The molecule has 0 aromatic carbocycles. The van der Waals surface area contributed by atoms with Crippen molar-refractivity contribution in [3.05, 3.63) is 0 Å². The topological polar surface area (TPSA) is 24.9 Å². The van der Waals surface area contributed by atoms with Gasteiger partial charge >= 0.3 is 0 Å². The highest BCUT2D eigenvalue weighted by Gasteiger charge is 2.36. The first kappa shape index (κ1) is 21.9. The average Bonchev–Trinajstić information content (AvgIpc) is 2.57. The molecule has 0 amide bonds. The van der Waals surface area contributed by atoms with Gasteiger partial charge in [-0.2, -0.15) is 0 Å². The monoisotopic (exact) mass is 342 g/mol. The summed E-state index contributed by atoms with van der Waals surface area (Å²) in [5, 5.41) is 0. The lowest BCUT2D eigenvalue weighted by molar-refractivity contribution is -0.0760. The highest BCUT2D eigenvalue weighted by Crippen LogP contribution is 2.37. The zero-order chi connectivity index (χ0) is 18.4. The first-order valence-corrected chi connectivity index (χ1v) is 9.55. The van der Waals surface area contributed by atoms with Crippen LogP contribution in [0, 0.1) is 17.3 Å². The molecule has 4 nitrogen and oxygen atoms in total. The smallest absolute Gasteiger partial charge is 0.0632 e. The summed E-state index contributed by atoms with van der Waals surface area (Å²) >= 11 is 0. The minimum absolute atomic E-state index is 0.111. The van der Waals surface area contributed by atoms with Gasteiger partial charge in [0.1, 0.15) is 0 Å². The highest BCUT2D eigenvalue weighted by molar-refractivity contribution is 4.87. The summed E-state index contributed by atoms with van der Waals surface area (Å²) in [6.45, 7) is 17.6. The van der Waals surface area contributed by atoms with E-state index < -0.39 is 0 Å². The molecule has 4 heteroatoms. The minimum atomic E-state index is -0.111. The molecular weight excluding hydrogens is 300 g/mol. The molecule has 0 bridgehead atoms. The van der Waals surface area contributed by atoms with Crippen molar-refractivity contribution in [3.63, 3.8) is 0 Å². The molecule has 144 valence electrons. The minimum Gasteiger partial charge on any atom is -0.384 e. The SMILES string of the molecule is COCC(C)(CC1CN(C)CCN(C)C1)CC(C)(C)OCC(C)C. The van der Waals surface area contributed by atoms with Crippen molar-refractivity contribution in [1.29, 1.82) is 0 Å². The Bertz CT molecular complexity index is 348. The summed E-state index contributed by atoms with van der Waals surface area (Å²) in [5.74, 6) is 1.26. The number of ether oxygens (including phenoxy) is 2. The summed E-state index contributed by atoms with van der Waals surface area (Å²) in [6, 6.07) is 0. The van der Waals surface area contributed by atoms with Crippen molar-refractivity contribution in [3.8, 4) is 0 Å². The van der Waals surface area contributed by atoms with Gasteiger partial charge in [0, 0.05) is 39.9 Å². The number of nitrogens with zero attached hydrogens (tertiary/aromatic N) is 2. The fraction of sp³-hybridized carbons (Fsp3) is 1.00. The van der Waals surface area contributed by atoms with Gasteiger partial charge in [-0.1, -0.05) is 20.8 Å². The molecule has 1 heterocycles. The third-order valence-corrected chi connectivity index (χ3v) is 4.94. The van der Waals surface area contributed by atoms with Gasteiger partial charge in [-0.3, -0.25) is 0 Å². The number of likely N-dealkylation sites (N-methyl/N-ethyl adjacent to an activating group) is 2. The Labute approximate surface area is 150 Å². The second kappa shape index (κ2) is 9.51. The van der Waals surface area contributed by atoms with E-state index in [2.05, 4.69) is 58.5 Å². The maximum absolute atomic E-state index is 6.21. The molecule has 24 heavy (non-hydrogen) atoms. The lowest BCUT2D eigenvalue weighted by Crippen LogP contribution is -2.40. The number of hydrogen-bond donors (Lipinski definition) is 0. The van der Waals surface area contributed by atoms with Crippen LogP contribution in [0.4, 0.5) is 0 Å². The quantitative estimate of drug-likeness (QED) is 0.641. The van der Waals surface area contributed by atoms with Gasteiger partial charge in [0.15, 0.2) is 0 Å². The molecule has 0 aliphatic carbocycles. The van der Waals surface area contributed by atoms with E-state index in [0.717, 1.165) is 32.7 Å². The Morgan fingerprint density at radius 2 is 1.58 bits per heavy atom. The third-order valence-electron chi connectivity index (χ3n) is 4.94. The van der Waals surface area contributed by atoms with Crippen molar-refractivity contribution < 1.29 is 9.47 Å². The molecule has 1 aliphatic heterocycles. The van der Waals surface area contributed by atoms with Gasteiger partial charge in [0.05, 0.1) is 12.2 Å². The van der Waals surface area contributed by atoms with Crippen molar-refractivity contribution in [2.24, 2.45) is 17.3 Å². The maximum atomic E-state index is 6.21. The number of rotatable bonds is 9.